The largest absolute Gasteiger partial charge is 0.466 e. The van der Waals surface area contributed by atoms with Gasteiger partial charge < -0.3 is 9.64 Å². The lowest BCUT2D eigenvalue weighted by molar-refractivity contribution is -0.151. The van der Waals surface area contributed by atoms with Gasteiger partial charge in [0.2, 0.25) is 15.9 Å². The summed E-state index contributed by atoms with van der Waals surface area (Å²) in [6, 6.07) is 12.9. The van der Waals surface area contributed by atoms with Gasteiger partial charge in [0.15, 0.2) is 0 Å². The first kappa shape index (κ1) is 23.9. The molecule has 1 amide bonds. The molecule has 2 aromatic carbocycles. The number of nitrogens with one attached hydrogen (secondary N) is 1. The lowest BCUT2D eigenvalue weighted by Crippen LogP contribution is -2.52. The molecule has 0 aliphatic carbocycles. The van der Waals surface area contributed by atoms with Crippen LogP contribution in [0.2, 0.25) is 0 Å². The fraction of sp³-hybridized carbons (Fsp3) is 0.391. The topological polar surface area (TPSA) is 92.8 Å². The van der Waals surface area contributed by atoms with Crippen molar-refractivity contribution in [1.82, 2.24) is 9.62 Å². The van der Waals surface area contributed by atoms with Crippen molar-refractivity contribution in [1.29, 1.82) is 0 Å². The maximum absolute atomic E-state index is 14.1. The number of carbonyl (C=O) groups is 2. The number of likely N-dealkylation sites (tertiary alicyclic amines) is 1. The second-order valence-corrected chi connectivity index (χ2v) is 9.33. The Kier molecular flexibility index (Phi) is 7.98. The van der Waals surface area contributed by atoms with Gasteiger partial charge in [-0.05, 0) is 43.9 Å². The molecule has 0 bridgehead atoms. The molecule has 1 atom stereocenters. The summed E-state index contributed by atoms with van der Waals surface area (Å²) >= 11 is 0. The Morgan fingerprint density at radius 2 is 1.72 bits per heavy atom. The van der Waals surface area contributed by atoms with Crippen LogP contribution in [-0.4, -0.2) is 50.9 Å². The molecule has 0 saturated carbocycles. The first-order valence-corrected chi connectivity index (χ1v) is 12.1. The van der Waals surface area contributed by atoms with E-state index in [0.717, 1.165) is 17.7 Å². The monoisotopic (exact) mass is 462 g/mol. The molecule has 1 fully saturated rings. The number of ether oxygens (including phenoxy) is 1. The summed E-state index contributed by atoms with van der Waals surface area (Å²) in [4.78, 5) is 26.3. The third kappa shape index (κ3) is 5.92. The molecule has 1 aliphatic rings. The highest BCUT2D eigenvalue weighted by atomic mass is 32.2. The molecule has 32 heavy (non-hydrogen) atoms. The molecule has 9 heteroatoms. The fourth-order valence-corrected chi connectivity index (χ4v) is 5.03. The lowest BCUT2D eigenvalue weighted by Gasteiger charge is -2.33. The molecule has 0 radical (unpaired) electrons. The average molecular weight is 463 g/mol. The number of amides is 1. The number of piperidine rings is 1. The Morgan fingerprint density at radius 1 is 1.09 bits per heavy atom. The van der Waals surface area contributed by atoms with Crippen LogP contribution in [0, 0.1) is 11.7 Å². The normalized spacial score (nSPS) is 15.9. The van der Waals surface area contributed by atoms with Crippen molar-refractivity contribution in [3.8, 4) is 0 Å². The number of esters is 1. The summed E-state index contributed by atoms with van der Waals surface area (Å²) < 4.78 is 47.3. The molecule has 172 valence electrons. The highest BCUT2D eigenvalue weighted by molar-refractivity contribution is 7.89. The maximum atomic E-state index is 14.1. The molecule has 0 spiro atoms. The Labute approximate surface area is 187 Å². The predicted octanol–water partition coefficient (Wildman–Crippen LogP) is 2.52. The summed E-state index contributed by atoms with van der Waals surface area (Å²) in [6.45, 7) is 2.67. The Morgan fingerprint density at radius 3 is 2.34 bits per heavy atom. The van der Waals surface area contributed by atoms with E-state index in [1.807, 2.05) is 6.07 Å². The quantitative estimate of drug-likeness (QED) is 0.609. The smallest absolute Gasteiger partial charge is 0.309 e. The minimum absolute atomic E-state index is 0.116. The van der Waals surface area contributed by atoms with Gasteiger partial charge in [0.1, 0.15) is 16.8 Å². The van der Waals surface area contributed by atoms with Gasteiger partial charge in [-0.2, -0.15) is 4.72 Å². The number of hydrogen-bond acceptors (Lipinski definition) is 5. The summed E-state index contributed by atoms with van der Waals surface area (Å²) in [6.07, 6.45) is 1.01. The van der Waals surface area contributed by atoms with Crippen molar-refractivity contribution in [3.05, 3.63) is 66.0 Å². The molecule has 1 unspecified atom stereocenters. The first-order valence-electron chi connectivity index (χ1n) is 10.6. The third-order valence-electron chi connectivity index (χ3n) is 5.43. The van der Waals surface area contributed by atoms with Gasteiger partial charge in [-0.25, -0.2) is 12.8 Å². The van der Waals surface area contributed by atoms with E-state index in [0.29, 0.717) is 32.5 Å². The number of halogens is 1. The third-order valence-corrected chi connectivity index (χ3v) is 6.94. The summed E-state index contributed by atoms with van der Waals surface area (Å²) in [5.74, 6) is -1.85. The van der Waals surface area contributed by atoms with Crippen molar-refractivity contribution >= 4 is 21.9 Å². The van der Waals surface area contributed by atoms with Crippen LogP contribution in [0.4, 0.5) is 4.39 Å². The highest BCUT2D eigenvalue weighted by Crippen LogP contribution is 2.21. The van der Waals surface area contributed by atoms with Gasteiger partial charge in [-0.3, -0.25) is 9.59 Å². The van der Waals surface area contributed by atoms with E-state index in [9.17, 15) is 22.4 Å². The molecule has 1 heterocycles. The van der Waals surface area contributed by atoms with Crippen molar-refractivity contribution in [3.63, 3.8) is 0 Å². The van der Waals surface area contributed by atoms with Gasteiger partial charge in [-0.1, -0.05) is 42.5 Å². The van der Waals surface area contributed by atoms with E-state index in [4.69, 9.17) is 4.74 Å². The van der Waals surface area contributed by atoms with Crippen LogP contribution < -0.4 is 4.72 Å². The maximum Gasteiger partial charge on any atom is 0.309 e. The Bertz CT molecular complexity index is 1040. The molecule has 7 nitrogen and oxygen atoms in total. The number of hydrogen-bond donors (Lipinski definition) is 1. The molecule has 0 aromatic heterocycles. The second-order valence-electron chi connectivity index (χ2n) is 7.65. The van der Waals surface area contributed by atoms with Crippen LogP contribution in [0.3, 0.4) is 0 Å². The molecule has 3 rings (SSSR count). The first-order chi connectivity index (χ1) is 15.3. The van der Waals surface area contributed by atoms with Gasteiger partial charge in [-0.15, -0.1) is 0 Å². The van der Waals surface area contributed by atoms with Crippen LogP contribution in [0.1, 0.15) is 25.3 Å². The molecule has 1 N–H and O–H groups in total. The standard InChI is InChI=1S/C23H27FN2O5S/c1-2-31-23(28)18-12-14-26(15-13-18)22(27)20(16-17-8-4-3-5-9-17)25-32(29,30)21-11-7-6-10-19(21)24/h3-11,18,20,25H,2,12-16H2,1H3. The highest BCUT2D eigenvalue weighted by Gasteiger charge is 2.34. The van der Waals surface area contributed by atoms with E-state index in [1.165, 1.54) is 12.1 Å². The number of nitrogens with zero attached hydrogens (tertiary/aromatic N) is 1. The number of carbonyl (C=O) groups excluding carboxylic acids is 2. The van der Waals surface area contributed by atoms with Gasteiger partial charge in [0, 0.05) is 13.1 Å². The van der Waals surface area contributed by atoms with Crippen LogP contribution >= 0.6 is 0 Å². The van der Waals surface area contributed by atoms with E-state index in [2.05, 4.69) is 4.72 Å². The van der Waals surface area contributed by atoms with Gasteiger partial charge in [0.25, 0.3) is 0 Å². The van der Waals surface area contributed by atoms with E-state index in [1.54, 1.807) is 36.1 Å². The van der Waals surface area contributed by atoms with Crippen LogP contribution in [0.15, 0.2) is 59.5 Å². The molecule has 1 aliphatic heterocycles. The van der Waals surface area contributed by atoms with Crippen LogP contribution in [-0.2, 0) is 30.8 Å². The zero-order valence-corrected chi connectivity index (χ0v) is 18.7. The van der Waals surface area contributed by atoms with E-state index < -0.39 is 32.7 Å². The predicted molar refractivity (Wildman–Crippen MR) is 117 cm³/mol. The summed E-state index contributed by atoms with van der Waals surface area (Å²) in [5, 5.41) is 0. The minimum atomic E-state index is -4.27. The number of rotatable bonds is 8. The van der Waals surface area contributed by atoms with Crippen molar-refractivity contribution in [2.75, 3.05) is 19.7 Å². The van der Waals surface area contributed by atoms with Crippen LogP contribution in [0.25, 0.3) is 0 Å². The van der Waals surface area contributed by atoms with E-state index in [-0.39, 0.29) is 18.3 Å². The van der Waals surface area contributed by atoms with Gasteiger partial charge >= 0.3 is 5.97 Å². The number of benzene rings is 2. The summed E-state index contributed by atoms with van der Waals surface area (Å²) in [5.41, 5.74) is 0.767. The molecule has 2 aromatic rings. The van der Waals surface area contributed by atoms with Gasteiger partial charge in [0.05, 0.1) is 12.5 Å². The Hall–Kier alpha value is -2.78. The van der Waals surface area contributed by atoms with E-state index >= 15 is 0 Å². The molecular formula is C23H27FN2O5S. The summed E-state index contributed by atoms with van der Waals surface area (Å²) in [7, 11) is -4.27. The second kappa shape index (κ2) is 10.7. The zero-order valence-electron chi connectivity index (χ0n) is 17.9. The molecule has 1 saturated heterocycles. The van der Waals surface area contributed by atoms with Crippen LogP contribution in [0.5, 0.6) is 0 Å². The number of sulfonamides is 1. The average Bonchev–Trinajstić information content (AvgIpc) is 2.79. The molecular weight excluding hydrogens is 435 g/mol. The SMILES string of the molecule is CCOC(=O)C1CCN(C(=O)C(Cc2ccccc2)NS(=O)(=O)c2ccccc2F)CC1. The fourth-order valence-electron chi connectivity index (χ4n) is 3.76. The Balaban J connectivity index is 1.78. The van der Waals surface area contributed by atoms with Crippen molar-refractivity contribution < 1.29 is 27.1 Å². The minimum Gasteiger partial charge on any atom is -0.466 e. The van der Waals surface area contributed by atoms with Crippen molar-refractivity contribution in [2.45, 2.75) is 37.1 Å². The van der Waals surface area contributed by atoms with Crippen molar-refractivity contribution in [2.24, 2.45) is 5.92 Å². The zero-order chi connectivity index (χ0) is 23.1. The lowest BCUT2D eigenvalue weighted by atomic mass is 9.96.